The second kappa shape index (κ2) is 15.2. The van der Waals surface area contributed by atoms with Gasteiger partial charge in [-0.25, -0.2) is 0 Å². The maximum atomic E-state index is 5.54. The van der Waals surface area contributed by atoms with Crippen LogP contribution in [0.5, 0.6) is 0 Å². The molecule has 1 atom stereocenters. The number of piperidine rings is 1. The zero-order valence-corrected chi connectivity index (χ0v) is 18.5. The highest BCUT2D eigenvalue weighted by Crippen LogP contribution is 2.15. The van der Waals surface area contributed by atoms with Crippen LogP contribution in [0.3, 0.4) is 0 Å². The Morgan fingerprint density at radius 3 is 2.71 bits per heavy atom. The standard InChI is InChI=1S/C18H38N4O.HI/c1-5-19-18(21-12-9-15-23-16(2)3)20-11-8-14-22-13-7-6-10-17(22)4;/h16-17H,5-15H2,1-4H3,(H2,19,20,21);1H. The molecule has 1 aliphatic heterocycles. The topological polar surface area (TPSA) is 48.9 Å². The lowest BCUT2D eigenvalue weighted by molar-refractivity contribution is 0.0782. The van der Waals surface area contributed by atoms with Crippen LogP contribution in [0.1, 0.15) is 59.8 Å². The summed E-state index contributed by atoms with van der Waals surface area (Å²) in [4.78, 5) is 7.23. The lowest BCUT2D eigenvalue weighted by Gasteiger charge is -2.33. The van der Waals surface area contributed by atoms with Crippen LogP contribution in [0.15, 0.2) is 4.99 Å². The highest BCUT2D eigenvalue weighted by Gasteiger charge is 2.16. The lowest BCUT2D eigenvalue weighted by Crippen LogP contribution is -2.41. The third-order valence-electron chi connectivity index (χ3n) is 4.22. The van der Waals surface area contributed by atoms with Crippen LogP contribution < -0.4 is 10.6 Å². The summed E-state index contributed by atoms with van der Waals surface area (Å²) in [6, 6.07) is 0.756. The monoisotopic (exact) mass is 454 g/mol. The molecular weight excluding hydrogens is 415 g/mol. The number of ether oxygens (including phenoxy) is 1. The smallest absolute Gasteiger partial charge is 0.191 e. The summed E-state index contributed by atoms with van der Waals surface area (Å²) in [6.45, 7) is 14.5. The van der Waals surface area contributed by atoms with Gasteiger partial charge in [0.1, 0.15) is 0 Å². The van der Waals surface area contributed by atoms with E-state index in [4.69, 9.17) is 4.74 Å². The van der Waals surface area contributed by atoms with Gasteiger partial charge < -0.3 is 20.3 Å². The Morgan fingerprint density at radius 1 is 1.25 bits per heavy atom. The fraction of sp³-hybridized carbons (Fsp3) is 0.944. The van der Waals surface area contributed by atoms with E-state index in [1.807, 2.05) is 0 Å². The van der Waals surface area contributed by atoms with E-state index < -0.39 is 0 Å². The van der Waals surface area contributed by atoms with Crippen LogP contribution in [-0.4, -0.2) is 62.3 Å². The zero-order valence-electron chi connectivity index (χ0n) is 16.1. The first-order chi connectivity index (χ1) is 11.1. The van der Waals surface area contributed by atoms with Crippen molar-refractivity contribution < 1.29 is 4.74 Å². The first-order valence-electron chi connectivity index (χ1n) is 9.51. The molecule has 0 bridgehead atoms. The minimum atomic E-state index is 0. The van der Waals surface area contributed by atoms with E-state index >= 15 is 0 Å². The Morgan fingerprint density at radius 2 is 2.04 bits per heavy atom. The minimum absolute atomic E-state index is 0. The maximum Gasteiger partial charge on any atom is 0.191 e. The van der Waals surface area contributed by atoms with Gasteiger partial charge in [-0.2, -0.15) is 0 Å². The fourth-order valence-electron chi connectivity index (χ4n) is 2.89. The molecule has 1 rings (SSSR count). The molecule has 6 heteroatoms. The van der Waals surface area contributed by atoms with Gasteiger partial charge in [-0.05, 0) is 59.9 Å². The van der Waals surface area contributed by atoms with Crippen molar-refractivity contribution in [2.24, 2.45) is 4.99 Å². The lowest BCUT2D eigenvalue weighted by atomic mass is 10.0. The largest absolute Gasteiger partial charge is 0.379 e. The second-order valence-electron chi connectivity index (χ2n) is 6.69. The number of rotatable bonds is 10. The summed E-state index contributed by atoms with van der Waals surface area (Å²) in [5.74, 6) is 0.934. The number of nitrogens with one attached hydrogen (secondary N) is 2. The molecule has 0 saturated carbocycles. The Hall–Kier alpha value is -0.0800. The van der Waals surface area contributed by atoms with Gasteiger partial charge in [-0.1, -0.05) is 6.42 Å². The average molecular weight is 454 g/mol. The molecule has 24 heavy (non-hydrogen) atoms. The van der Waals surface area contributed by atoms with Crippen molar-refractivity contribution in [3.8, 4) is 0 Å². The van der Waals surface area contributed by atoms with Crippen molar-refractivity contribution >= 4 is 29.9 Å². The van der Waals surface area contributed by atoms with E-state index in [1.54, 1.807) is 0 Å². The van der Waals surface area contributed by atoms with Gasteiger partial charge in [0.2, 0.25) is 0 Å². The molecule has 1 aliphatic rings. The molecule has 144 valence electrons. The normalized spacial score (nSPS) is 19.2. The van der Waals surface area contributed by atoms with Gasteiger partial charge in [-0.15, -0.1) is 24.0 Å². The quantitative estimate of drug-likeness (QED) is 0.230. The summed E-state index contributed by atoms with van der Waals surface area (Å²) in [5.41, 5.74) is 0. The highest BCUT2D eigenvalue weighted by atomic mass is 127. The van der Waals surface area contributed by atoms with Crippen molar-refractivity contribution in [2.45, 2.75) is 71.9 Å². The molecule has 0 aliphatic carbocycles. The van der Waals surface area contributed by atoms with Crippen molar-refractivity contribution in [3.63, 3.8) is 0 Å². The molecule has 1 fully saturated rings. The van der Waals surface area contributed by atoms with E-state index in [2.05, 4.69) is 48.2 Å². The number of hydrogen-bond donors (Lipinski definition) is 2. The van der Waals surface area contributed by atoms with Crippen LogP contribution in [-0.2, 0) is 4.74 Å². The highest BCUT2D eigenvalue weighted by molar-refractivity contribution is 14.0. The molecule has 0 aromatic carbocycles. The predicted molar refractivity (Wildman–Crippen MR) is 115 cm³/mol. The summed E-state index contributed by atoms with van der Waals surface area (Å²) in [5, 5.41) is 6.76. The fourth-order valence-corrected chi connectivity index (χ4v) is 2.89. The van der Waals surface area contributed by atoms with Crippen molar-refractivity contribution in [2.75, 3.05) is 39.3 Å². The van der Waals surface area contributed by atoms with Crippen molar-refractivity contribution in [1.82, 2.24) is 15.5 Å². The maximum absolute atomic E-state index is 5.54. The van der Waals surface area contributed by atoms with Crippen LogP contribution in [0, 0.1) is 0 Å². The number of hydrogen-bond acceptors (Lipinski definition) is 3. The molecule has 0 radical (unpaired) electrons. The van der Waals surface area contributed by atoms with Gasteiger partial charge in [0.05, 0.1) is 6.10 Å². The first-order valence-corrected chi connectivity index (χ1v) is 9.51. The Bertz CT molecular complexity index is 326. The van der Waals surface area contributed by atoms with E-state index in [9.17, 15) is 0 Å². The third-order valence-corrected chi connectivity index (χ3v) is 4.22. The molecule has 1 saturated heterocycles. The summed E-state index contributed by atoms with van der Waals surface area (Å²) in [7, 11) is 0. The van der Waals surface area contributed by atoms with E-state index in [-0.39, 0.29) is 24.0 Å². The van der Waals surface area contributed by atoms with Gasteiger partial charge in [0, 0.05) is 38.8 Å². The van der Waals surface area contributed by atoms with Gasteiger partial charge in [0.15, 0.2) is 5.96 Å². The molecule has 1 heterocycles. The number of guanidine groups is 1. The van der Waals surface area contributed by atoms with Crippen molar-refractivity contribution in [3.05, 3.63) is 0 Å². The molecule has 5 nitrogen and oxygen atoms in total. The Labute approximate surface area is 166 Å². The van der Waals surface area contributed by atoms with Gasteiger partial charge in [-0.3, -0.25) is 4.99 Å². The van der Waals surface area contributed by atoms with Crippen molar-refractivity contribution in [1.29, 1.82) is 0 Å². The molecular formula is C18H39IN4O. The van der Waals surface area contributed by atoms with Crippen LogP contribution in [0.25, 0.3) is 0 Å². The predicted octanol–water partition coefficient (Wildman–Crippen LogP) is 3.24. The van der Waals surface area contributed by atoms with E-state index in [0.717, 1.165) is 44.7 Å². The number of likely N-dealkylation sites (tertiary alicyclic amines) is 1. The summed E-state index contributed by atoms with van der Waals surface area (Å²) < 4.78 is 5.54. The molecule has 0 aromatic heterocycles. The molecule has 1 unspecified atom stereocenters. The Kier molecular flexibility index (Phi) is 15.1. The van der Waals surface area contributed by atoms with E-state index in [1.165, 1.54) is 38.8 Å². The second-order valence-corrected chi connectivity index (χ2v) is 6.69. The van der Waals surface area contributed by atoms with E-state index in [0.29, 0.717) is 6.10 Å². The minimum Gasteiger partial charge on any atom is -0.379 e. The van der Waals surface area contributed by atoms with Crippen LogP contribution >= 0.6 is 24.0 Å². The summed E-state index contributed by atoms with van der Waals surface area (Å²) >= 11 is 0. The first kappa shape index (κ1) is 23.9. The SMILES string of the molecule is CCNC(=NCCCOC(C)C)NCCCN1CCCCC1C.I. The summed E-state index contributed by atoms with van der Waals surface area (Å²) in [6.07, 6.45) is 6.57. The molecule has 0 spiro atoms. The zero-order chi connectivity index (χ0) is 16.9. The average Bonchev–Trinajstić information content (AvgIpc) is 2.52. The molecule has 2 N–H and O–H groups in total. The molecule has 0 amide bonds. The third kappa shape index (κ3) is 11.5. The van der Waals surface area contributed by atoms with Gasteiger partial charge >= 0.3 is 0 Å². The number of aliphatic imine (C=N–C) groups is 1. The van der Waals surface area contributed by atoms with Gasteiger partial charge in [0.25, 0.3) is 0 Å². The number of nitrogens with zero attached hydrogens (tertiary/aromatic N) is 2. The number of halogens is 1. The molecule has 0 aromatic rings. The van der Waals surface area contributed by atoms with Crippen LogP contribution in [0.2, 0.25) is 0 Å². The Balaban J connectivity index is 0.00000529. The van der Waals surface area contributed by atoms with Crippen LogP contribution in [0.4, 0.5) is 0 Å².